The van der Waals surface area contributed by atoms with Gasteiger partial charge in [-0.25, -0.2) is 0 Å². The Labute approximate surface area is 203 Å². The van der Waals surface area contributed by atoms with Crippen LogP contribution in [0.3, 0.4) is 0 Å². The number of hydrogen-bond donors (Lipinski definition) is 2. The first-order valence-electron chi connectivity index (χ1n) is 13.0. The number of carboxylic acids is 1. The fourth-order valence-corrected chi connectivity index (χ4v) is 6.26. The first-order valence-corrected chi connectivity index (χ1v) is 13.0. The molecule has 5 nitrogen and oxygen atoms in total. The molecule has 5 heteroatoms. The molecule has 6 unspecified atom stereocenters. The number of fused-ring (bicyclic) bond motifs is 1. The number of Topliss-reactive ketones (excluding diaryl/α,β-unsaturated/α-hetero) is 1. The lowest BCUT2D eigenvalue weighted by Crippen LogP contribution is -2.40. The standard InChI is InChI=1S/C29H39NO4/c1-4-20(28-18(2)13-16-25(34-28)19(3)29(32)33)8-5-10-22-15-14-21-9-6-11-23(21)26(22)27(31)24-12-7-17-30-24/h5,7-8,10,12,14-15,17-19,21-23,25-26,28,30H,4,6,9,11,13,16H2,1-3H3,(H,32,33)/b10-5+,20-8-/t18-,19-,21?,22?,23?,25?,26?,28?/m0/s1. The van der Waals surface area contributed by atoms with Gasteiger partial charge in [0.15, 0.2) is 5.78 Å². The van der Waals surface area contributed by atoms with Gasteiger partial charge in [-0.3, -0.25) is 9.59 Å². The van der Waals surface area contributed by atoms with Crippen LogP contribution in [0.2, 0.25) is 0 Å². The maximum Gasteiger partial charge on any atom is 0.308 e. The molecule has 0 amide bonds. The van der Waals surface area contributed by atoms with Crippen LogP contribution < -0.4 is 0 Å². The largest absolute Gasteiger partial charge is 0.481 e. The molecular weight excluding hydrogens is 426 g/mol. The fraction of sp³-hybridized carbons (Fsp3) is 0.586. The van der Waals surface area contributed by atoms with E-state index in [4.69, 9.17) is 4.74 Å². The highest BCUT2D eigenvalue weighted by Gasteiger charge is 2.42. The zero-order chi connectivity index (χ0) is 24.2. The van der Waals surface area contributed by atoms with Gasteiger partial charge in [-0.2, -0.15) is 0 Å². The van der Waals surface area contributed by atoms with Crippen LogP contribution in [0.25, 0.3) is 0 Å². The van der Waals surface area contributed by atoms with Gasteiger partial charge in [0.2, 0.25) is 0 Å². The second-order valence-corrected chi connectivity index (χ2v) is 10.5. The topological polar surface area (TPSA) is 79.4 Å². The first-order chi connectivity index (χ1) is 16.4. The van der Waals surface area contributed by atoms with E-state index < -0.39 is 11.9 Å². The van der Waals surface area contributed by atoms with Crippen molar-refractivity contribution >= 4 is 11.8 Å². The van der Waals surface area contributed by atoms with Gasteiger partial charge in [0.1, 0.15) is 0 Å². The smallest absolute Gasteiger partial charge is 0.308 e. The molecule has 0 spiro atoms. The first kappa shape index (κ1) is 24.7. The van der Waals surface area contributed by atoms with Crippen LogP contribution >= 0.6 is 0 Å². The number of rotatable bonds is 8. The van der Waals surface area contributed by atoms with Crippen molar-refractivity contribution < 1.29 is 19.4 Å². The van der Waals surface area contributed by atoms with Crippen LogP contribution in [0.4, 0.5) is 0 Å². The number of aromatic amines is 1. The van der Waals surface area contributed by atoms with Crippen molar-refractivity contribution in [3.63, 3.8) is 0 Å². The molecule has 1 saturated carbocycles. The number of carboxylic acid groups (broad SMARTS) is 1. The van der Waals surface area contributed by atoms with Crippen molar-refractivity contribution in [3.05, 3.63) is 60.0 Å². The summed E-state index contributed by atoms with van der Waals surface area (Å²) >= 11 is 0. The Morgan fingerprint density at radius 1 is 1.24 bits per heavy atom. The van der Waals surface area contributed by atoms with Crippen molar-refractivity contribution in [3.8, 4) is 0 Å². The number of allylic oxidation sites excluding steroid dienone is 5. The zero-order valence-corrected chi connectivity index (χ0v) is 20.7. The fourth-order valence-electron chi connectivity index (χ4n) is 6.26. The predicted molar refractivity (Wildman–Crippen MR) is 133 cm³/mol. The maximum absolute atomic E-state index is 13.4. The van der Waals surface area contributed by atoms with Crippen LogP contribution in [-0.4, -0.2) is 34.1 Å². The van der Waals surface area contributed by atoms with E-state index in [1.807, 2.05) is 18.3 Å². The summed E-state index contributed by atoms with van der Waals surface area (Å²) in [4.78, 5) is 28.0. The lowest BCUT2D eigenvalue weighted by molar-refractivity contribution is -0.152. The molecule has 1 aromatic rings. The van der Waals surface area contributed by atoms with Gasteiger partial charge in [-0.1, -0.05) is 50.6 Å². The Balaban J connectivity index is 1.53. The minimum absolute atomic E-state index is 0.0310. The van der Waals surface area contributed by atoms with Crippen molar-refractivity contribution in [2.45, 2.75) is 71.5 Å². The van der Waals surface area contributed by atoms with Gasteiger partial charge in [-0.15, -0.1) is 0 Å². The van der Waals surface area contributed by atoms with E-state index in [2.05, 4.69) is 49.2 Å². The lowest BCUT2D eigenvalue weighted by Gasteiger charge is -2.37. The number of aliphatic carboxylic acids is 1. The third-order valence-corrected chi connectivity index (χ3v) is 8.36. The van der Waals surface area contributed by atoms with Crippen LogP contribution in [0, 0.1) is 35.5 Å². The Bertz CT molecular complexity index is 943. The molecular formula is C29H39NO4. The van der Waals surface area contributed by atoms with Crippen molar-refractivity contribution in [1.82, 2.24) is 4.98 Å². The molecule has 0 aromatic carbocycles. The van der Waals surface area contributed by atoms with Gasteiger partial charge in [0.05, 0.1) is 23.8 Å². The van der Waals surface area contributed by atoms with E-state index >= 15 is 0 Å². The van der Waals surface area contributed by atoms with Gasteiger partial charge in [0, 0.05) is 18.0 Å². The summed E-state index contributed by atoms with van der Waals surface area (Å²) in [5.41, 5.74) is 1.90. The number of carbonyl (C=O) groups is 2. The Hall–Kier alpha value is -2.40. The van der Waals surface area contributed by atoms with E-state index in [1.54, 1.807) is 6.92 Å². The van der Waals surface area contributed by atoms with Gasteiger partial charge >= 0.3 is 5.97 Å². The van der Waals surface area contributed by atoms with Crippen molar-refractivity contribution in [1.29, 1.82) is 0 Å². The number of nitrogens with one attached hydrogen (secondary N) is 1. The average Bonchev–Trinajstić information content (AvgIpc) is 3.53. The number of ether oxygens (including phenoxy) is 1. The van der Waals surface area contributed by atoms with Gasteiger partial charge < -0.3 is 14.8 Å². The van der Waals surface area contributed by atoms with Crippen molar-refractivity contribution in [2.24, 2.45) is 35.5 Å². The Morgan fingerprint density at radius 2 is 2.06 bits per heavy atom. The molecule has 8 atom stereocenters. The molecule has 2 fully saturated rings. The minimum Gasteiger partial charge on any atom is -0.481 e. The Morgan fingerprint density at radius 3 is 2.76 bits per heavy atom. The SMILES string of the molecule is CC/C(=C/C=C/C1C=CC2CCCC2C1C(=O)c1ccc[nH]1)C1OC([C@H](C)C(=O)O)CC[C@@H]1C. The molecule has 1 aliphatic heterocycles. The molecule has 34 heavy (non-hydrogen) atoms. The van der Waals surface area contributed by atoms with E-state index in [0.29, 0.717) is 23.4 Å². The summed E-state index contributed by atoms with van der Waals surface area (Å²) in [5, 5.41) is 9.43. The molecule has 4 rings (SSSR count). The number of hydrogen-bond acceptors (Lipinski definition) is 3. The van der Waals surface area contributed by atoms with Crippen LogP contribution in [0.15, 0.2) is 54.3 Å². The van der Waals surface area contributed by atoms with Crippen LogP contribution in [-0.2, 0) is 9.53 Å². The number of carbonyl (C=O) groups excluding carboxylic acids is 1. The monoisotopic (exact) mass is 465 g/mol. The quantitative estimate of drug-likeness (QED) is 0.272. The molecule has 3 aliphatic rings. The van der Waals surface area contributed by atoms with E-state index in [-0.39, 0.29) is 29.8 Å². The third kappa shape index (κ3) is 5.14. The summed E-state index contributed by atoms with van der Waals surface area (Å²) in [7, 11) is 0. The van der Waals surface area contributed by atoms with Crippen LogP contribution in [0.5, 0.6) is 0 Å². The molecule has 2 N–H and O–H groups in total. The number of H-pyrrole nitrogens is 1. The zero-order valence-electron chi connectivity index (χ0n) is 20.7. The molecule has 1 saturated heterocycles. The molecule has 184 valence electrons. The number of aromatic nitrogens is 1. The second-order valence-electron chi connectivity index (χ2n) is 10.5. The van der Waals surface area contributed by atoms with Gasteiger partial charge in [-0.05, 0) is 74.5 Å². The Kier molecular flexibility index (Phi) is 7.92. The minimum atomic E-state index is -0.799. The molecule has 0 radical (unpaired) electrons. The normalized spacial score (nSPS) is 34.8. The molecule has 2 heterocycles. The third-order valence-electron chi connectivity index (χ3n) is 8.36. The summed E-state index contributed by atoms with van der Waals surface area (Å²) in [6.07, 6.45) is 18.6. The van der Waals surface area contributed by atoms with E-state index in [9.17, 15) is 14.7 Å². The highest BCUT2D eigenvalue weighted by molar-refractivity contribution is 5.97. The highest BCUT2D eigenvalue weighted by Crippen LogP contribution is 2.46. The molecule has 2 aliphatic carbocycles. The predicted octanol–water partition coefficient (Wildman–Crippen LogP) is 6.21. The maximum atomic E-state index is 13.4. The summed E-state index contributed by atoms with van der Waals surface area (Å²) in [6.45, 7) is 6.05. The number of ketones is 1. The second kappa shape index (κ2) is 10.9. The summed E-state index contributed by atoms with van der Waals surface area (Å²) < 4.78 is 6.33. The van der Waals surface area contributed by atoms with Gasteiger partial charge in [0.25, 0.3) is 0 Å². The van der Waals surface area contributed by atoms with E-state index in [0.717, 1.165) is 25.7 Å². The van der Waals surface area contributed by atoms with Crippen molar-refractivity contribution in [2.75, 3.05) is 0 Å². The molecule has 1 aromatic heterocycles. The highest BCUT2D eigenvalue weighted by atomic mass is 16.5. The molecule has 0 bridgehead atoms. The summed E-state index contributed by atoms with van der Waals surface area (Å²) in [5.74, 6) is 0.237. The lowest BCUT2D eigenvalue weighted by atomic mass is 9.69. The summed E-state index contributed by atoms with van der Waals surface area (Å²) in [6, 6.07) is 3.78. The van der Waals surface area contributed by atoms with Crippen LogP contribution in [0.1, 0.15) is 69.8 Å². The van der Waals surface area contributed by atoms with E-state index in [1.165, 1.54) is 18.4 Å². The average molecular weight is 466 g/mol.